The molecule has 3 nitrogen and oxygen atoms in total. The molecule has 2 fully saturated rings. The highest BCUT2D eigenvalue weighted by Gasteiger charge is 2.54. The predicted molar refractivity (Wildman–Crippen MR) is 90.3 cm³/mol. The van der Waals surface area contributed by atoms with E-state index in [9.17, 15) is 4.79 Å². The second kappa shape index (κ2) is 4.93. The molecule has 3 atom stereocenters. The van der Waals surface area contributed by atoms with Crippen molar-refractivity contribution in [3.05, 3.63) is 65.7 Å². The molecule has 3 heterocycles. The summed E-state index contributed by atoms with van der Waals surface area (Å²) < 4.78 is 0. The van der Waals surface area contributed by atoms with Gasteiger partial charge in [0.1, 0.15) is 0 Å². The fraction of sp³-hybridized carbons (Fsp3) is 0.350. The molecule has 2 aromatic carbocycles. The van der Waals surface area contributed by atoms with Crippen LogP contribution in [0.4, 0.5) is 5.69 Å². The number of benzene rings is 2. The SMILES string of the molecule is O=C1C[C@H]2[C@@H]3[C@H](CCN2Cc2ccccc2)c2ccccc2N13. The first-order valence-corrected chi connectivity index (χ1v) is 8.52. The van der Waals surface area contributed by atoms with Gasteiger partial charge >= 0.3 is 0 Å². The quantitative estimate of drug-likeness (QED) is 0.851. The maximum atomic E-state index is 12.7. The van der Waals surface area contributed by atoms with Gasteiger partial charge in [0.25, 0.3) is 0 Å². The molecule has 23 heavy (non-hydrogen) atoms. The van der Waals surface area contributed by atoms with E-state index in [2.05, 4.69) is 64.4 Å². The molecule has 0 unspecified atom stereocenters. The summed E-state index contributed by atoms with van der Waals surface area (Å²) in [6, 6.07) is 19.8. The standard InChI is InChI=1S/C20H20N2O/c23-19-12-18-20-16(15-8-4-5-9-17(15)22(19)20)10-11-21(18)13-14-6-2-1-3-7-14/h1-9,16,18,20H,10-13H2/t16-,18+,20+/m1/s1. The largest absolute Gasteiger partial charge is 0.307 e. The molecular formula is C20H20N2O. The molecule has 2 saturated heterocycles. The van der Waals surface area contributed by atoms with Crippen molar-refractivity contribution in [1.82, 2.24) is 4.90 Å². The lowest BCUT2D eigenvalue weighted by molar-refractivity contribution is -0.117. The van der Waals surface area contributed by atoms with E-state index in [1.54, 1.807) is 0 Å². The molecule has 0 aliphatic carbocycles. The Morgan fingerprint density at radius 2 is 1.78 bits per heavy atom. The monoisotopic (exact) mass is 304 g/mol. The van der Waals surface area contributed by atoms with Crippen molar-refractivity contribution in [2.45, 2.75) is 37.4 Å². The van der Waals surface area contributed by atoms with Crippen LogP contribution in [0.3, 0.4) is 0 Å². The Kier molecular flexibility index (Phi) is 2.86. The zero-order valence-corrected chi connectivity index (χ0v) is 13.1. The number of carbonyl (C=O) groups is 1. The highest BCUT2D eigenvalue weighted by atomic mass is 16.2. The third kappa shape index (κ3) is 1.89. The van der Waals surface area contributed by atoms with Crippen molar-refractivity contribution in [3.63, 3.8) is 0 Å². The number of hydrogen-bond donors (Lipinski definition) is 0. The number of carbonyl (C=O) groups excluding carboxylic acids is 1. The molecule has 5 rings (SSSR count). The predicted octanol–water partition coefficient (Wildman–Crippen LogP) is 3.16. The Labute approximate surface area is 136 Å². The minimum atomic E-state index is 0.301. The van der Waals surface area contributed by atoms with Gasteiger partial charge in [-0.15, -0.1) is 0 Å². The van der Waals surface area contributed by atoms with Crippen LogP contribution in [0.25, 0.3) is 0 Å². The van der Waals surface area contributed by atoms with E-state index in [-0.39, 0.29) is 0 Å². The first-order valence-electron chi connectivity index (χ1n) is 8.52. The molecule has 116 valence electrons. The summed E-state index contributed by atoms with van der Waals surface area (Å²) >= 11 is 0. The van der Waals surface area contributed by atoms with Gasteiger partial charge in [0.2, 0.25) is 5.91 Å². The van der Waals surface area contributed by atoms with Gasteiger partial charge in [-0.1, -0.05) is 48.5 Å². The molecule has 0 radical (unpaired) electrons. The maximum absolute atomic E-state index is 12.7. The van der Waals surface area contributed by atoms with Crippen LogP contribution in [-0.2, 0) is 11.3 Å². The van der Waals surface area contributed by atoms with Crippen molar-refractivity contribution in [1.29, 1.82) is 0 Å². The second-order valence-corrected chi connectivity index (χ2v) is 6.94. The molecule has 0 spiro atoms. The van der Waals surface area contributed by atoms with Gasteiger partial charge in [-0.2, -0.15) is 0 Å². The molecule has 0 aromatic heterocycles. The van der Waals surface area contributed by atoms with Crippen molar-refractivity contribution in [2.75, 3.05) is 11.4 Å². The first kappa shape index (κ1) is 13.3. The van der Waals surface area contributed by atoms with Crippen LogP contribution >= 0.6 is 0 Å². The molecule has 3 aliphatic heterocycles. The van der Waals surface area contributed by atoms with Crippen LogP contribution < -0.4 is 4.90 Å². The van der Waals surface area contributed by atoms with Crippen LogP contribution in [0.15, 0.2) is 54.6 Å². The lowest BCUT2D eigenvalue weighted by Crippen LogP contribution is -2.50. The summed E-state index contributed by atoms with van der Waals surface area (Å²) in [5.74, 6) is 0.824. The van der Waals surface area contributed by atoms with Gasteiger partial charge < -0.3 is 4.90 Å². The van der Waals surface area contributed by atoms with Crippen LogP contribution in [0, 0.1) is 0 Å². The van der Waals surface area contributed by atoms with Crippen LogP contribution in [0.1, 0.15) is 29.9 Å². The van der Waals surface area contributed by atoms with E-state index in [0.29, 0.717) is 30.3 Å². The van der Waals surface area contributed by atoms with Gasteiger partial charge in [-0.3, -0.25) is 9.69 Å². The van der Waals surface area contributed by atoms with Crippen molar-refractivity contribution in [3.8, 4) is 0 Å². The summed E-state index contributed by atoms with van der Waals surface area (Å²) in [5.41, 5.74) is 3.89. The number of nitrogens with zero attached hydrogens (tertiary/aromatic N) is 2. The van der Waals surface area contributed by atoms with Crippen LogP contribution in [0.5, 0.6) is 0 Å². The Hall–Kier alpha value is -2.13. The van der Waals surface area contributed by atoms with Gasteiger partial charge in [0, 0.05) is 30.6 Å². The summed E-state index contributed by atoms with van der Waals surface area (Å²) in [6.07, 6.45) is 1.82. The lowest BCUT2D eigenvalue weighted by atomic mass is 9.83. The fourth-order valence-corrected chi connectivity index (χ4v) is 4.84. The average Bonchev–Trinajstić information content (AvgIpc) is 3.10. The van der Waals surface area contributed by atoms with E-state index in [4.69, 9.17) is 0 Å². The van der Waals surface area contributed by atoms with E-state index in [1.807, 2.05) is 0 Å². The number of fused-ring (bicyclic) bond motifs is 3. The maximum Gasteiger partial charge on any atom is 0.228 e. The highest BCUT2D eigenvalue weighted by molar-refractivity contribution is 6.00. The molecule has 1 amide bonds. The third-order valence-electron chi connectivity index (χ3n) is 5.78. The van der Waals surface area contributed by atoms with Gasteiger partial charge in [-0.05, 0) is 30.2 Å². The van der Waals surface area contributed by atoms with Crippen LogP contribution in [-0.4, -0.2) is 29.4 Å². The number of rotatable bonds is 2. The summed E-state index contributed by atoms with van der Waals surface area (Å²) in [5, 5.41) is 0. The third-order valence-corrected chi connectivity index (χ3v) is 5.78. The number of piperidine rings is 1. The van der Waals surface area contributed by atoms with E-state index in [1.165, 1.54) is 11.1 Å². The zero-order chi connectivity index (χ0) is 15.4. The zero-order valence-electron chi connectivity index (χ0n) is 13.1. The topological polar surface area (TPSA) is 23.6 Å². The minimum absolute atomic E-state index is 0.301. The van der Waals surface area contributed by atoms with Crippen molar-refractivity contribution >= 4 is 11.6 Å². The molecule has 3 aliphatic rings. The van der Waals surface area contributed by atoms with Crippen molar-refractivity contribution < 1.29 is 4.79 Å². The Bertz CT molecular complexity index is 757. The average molecular weight is 304 g/mol. The van der Waals surface area contributed by atoms with E-state index < -0.39 is 0 Å². The molecule has 2 aromatic rings. The summed E-state index contributed by atoms with van der Waals surface area (Å²) in [6.45, 7) is 2.03. The molecule has 0 N–H and O–H groups in total. The smallest absolute Gasteiger partial charge is 0.228 e. The Morgan fingerprint density at radius 1 is 1.00 bits per heavy atom. The number of hydrogen-bond acceptors (Lipinski definition) is 2. The van der Waals surface area contributed by atoms with E-state index >= 15 is 0 Å². The number of anilines is 1. The lowest BCUT2D eigenvalue weighted by Gasteiger charge is -2.40. The fourth-order valence-electron chi connectivity index (χ4n) is 4.84. The summed E-state index contributed by atoms with van der Waals surface area (Å²) in [7, 11) is 0. The van der Waals surface area contributed by atoms with Crippen molar-refractivity contribution in [2.24, 2.45) is 0 Å². The Balaban J connectivity index is 1.49. The summed E-state index contributed by atoms with van der Waals surface area (Å²) in [4.78, 5) is 17.3. The van der Waals surface area contributed by atoms with Gasteiger partial charge in [0.05, 0.1) is 6.04 Å². The van der Waals surface area contributed by atoms with Crippen LogP contribution in [0.2, 0.25) is 0 Å². The minimum Gasteiger partial charge on any atom is -0.307 e. The molecule has 0 saturated carbocycles. The molecule has 0 bridgehead atoms. The van der Waals surface area contributed by atoms with E-state index in [0.717, 1.165) is 25.2 Å². The van der Waals surface area contributed by atoms with Gasteiger partial charge in [0.15, 0.2) is 0 Å². The second-order valence-electron chi connectivity index (χ2n) is 6.94. The number of amides is 1. The Morgan fingerprint density at radius 3 is 2.65 bits per heavy atom. The normalized spacial score (nSPS) is 28.8. The first-order chi connectivity index (χ1) is 11.3. The molecule has 3 heteroatoms. The number of likely N-dealkylation sites (tertiary alicyclic amines) is 1. The highest BCUT2D eigenvalue weighted by Crippen LogP contribution is 2.51. The van der Waals surface area contributed by atoms with Gasteiger partial charge in [-0.25, -0.2) is 0 Å². The number of para-hydroxylation sites is 1. The molecular weight excluding hydrogens is 284 g/mol.